The third-order valence-electron chi connectivity index (χ3n) is 1.74. The predicted octanol–water partition coefficient (Wildman–Crippen LogP) is 3.02. The molecule has 13 heavy (non-hydrogen) atoms. The molecule has 0 saturated heterocycles. The van der Waals surface area contributed by atoms with Crippen LogP contribution in [-0.2, 0) is 7.05 Å². The highest BCUT2D eigenvalue weighted by molar-refractivity contribution is 5.15. The van der Waals surface area contributed by atoms with E-state index in [0.29, 0.717) is 11.4 Å². The highest BCUT2D eigenvalue weighted by atomic mass is 19.1. The summed E-state index contributed by atoms with van der Waals surface area (Å²) < 4.78 is 14.8. The summed E-state index contributed by atoms with van der Waals surface area (Å²) >= 11 is 0. The number of aromatic nitrogens is 2. The van der Waals surface area contributed by atoms with E-state index in [2.05, 4.69) is 5.10 Å². The molecule has 1 rings (SSSR count). The third kappa shape index (κ3) is 2.54. The molecule has 0 aliphatic rings. The lowest BCUT2D eigenvalue weighted by Gasteiger charge is -2.03. The van der Waals surface area contributed by atoms with Crippen molar-refractivity contribution in [1.29, 1.82) is 0 Å². The standard InChI is InChI=1S/C8H13FN2.C2H6/c1-5(2)8-7(9)6(3)10-11(8)4;1-2/h5H,1-4H3;1-2H3. The molecule has 2 nitrogen and oxygen atoms in total. The quantitative estimate of drug-likeness (QED) is 0.659. The first-order valence-corrected chi connectivity index (χ1v) is 4.73. The average Bonchev–Trinajstić information content (AvgIpc) is 2.30. The summed E-state index contributed by atoms with van der Waals surface area (Å²) in [5.74, 6) is 0.0312. The Morgan fingerprint density at radius 1 is 1.31 bits per heavy atom. The van der Waals surface area contributed by atoms with Crippen LogP contribution in [0.1, 0.15) is 45.0 Å². The van der Waals surface area contributed by atoms with E-state index >= 15 is 0 Å². The Balaban J connectivity index is 0.000000671. The van der Waals surface area contributed by atoms with Gasteiger partial charge in [-0.3, -0.25) is 4.68 Å². The van der Waals surface area contributed by atoms with Gasteiger partial charge in [0.15, 0.2) is 5.82 Å². The Bertz CT molecular complexity index is 264. The molecule has 0 amide bonds. The van der Waals surface area contributed by atoms with E-state index in [0.717, 1.165) is 0 Å². The molecule has 1 heterocycles. The summed E-state index contributed by atoms with van der Waals surface area (Å²) in [7, 11) is 1.77. The second-order valence-corrected chi connectivity index (χ2v) is 3.06. The molecule has 0 aromatic carbocycles. The van der Waals surface area contributed by atoms with Gasteiger partial charge in [-0.1, -0.05) is 27.7 Å². The SMILES string of the molecule is CC.Cc1nn(C)c(C(C)C)c1F. The highest BCUT2D eigenvalue weighted by Gasteiger charge is 2.14. The van der Waals surface area contributed by atoms with Crippen LogP contribution in [0.2, 0.25) is 0 Å². The van der Waals surface area contributed by atoms with Gasteiger partial charge in [-0.2, -0.15) is 5.10 Å². The second-order valence-electron chi connectivity index (χ2n) is 3.06. The van der Waals surface area contributed by atoms with Crippen molar-refractivity contribution in [3.63, 3.8) is 0 Å². The fourth-order valence-corrected chi connectivity index (χ4v) is 1.28. The molecule has 0 N–H and O–H groups in total. The smallest absolute Gasteiger partial charge is 0.167 e. The molecule has 1 aromatic heterocycles. The van der Waals surface area contributed by atoms with Crippen LogP contribution in [0.4, 0.5) is 4.39 Å². The molecular formula is C10H19FN2. The maximum atomic E-state index is 13.2. The lowest BCUT2D eigenvalue weighted by Crippen LogP contribution is -2.01. The Morgan fingerprint density at radius 2 is 1.77 bits per heavy atom. The van der Waals surface area contributed by atoms with Crippen molar-refractivity contribution in [2.24, 2.45) is 7.05 Å². The molecule has 0 atom stereocenters. The lowest BCUT2D eigenvalue weighted by atomic mass is 10.1. The molecule has 0 saturated carbocycles. The highest BCUT2D eigenvalue weighted by Crippen LogP contribution is 2.19. The molecular weight excluding hydrogens is 167 g/mol. The van der Waals surface area contributed by atoms with Crippen LogP contribution in [-0.4, -0.2) is 9.78 Å². The maximum Gasteiger partial charge on any atom is 0.167 e. The summed E-state index contributed by atoms with van der Waals surface area (Å²) in [5, 5.41) is 3.97. The minimum absolute atomic E-state index is 0.164. The minimum atomic E-state index is -0.164. The average molecular weight is 186 g/mol. The summed E-state index contributed by atoms with van der Waals surface area (Å²) in [5.41, 5.74) is 1.17. The normalized spacial score (nSPS) is 9.85. The zero-order chi connectivity index (χ0) is 10.6. The van der Waals surface area contributed by atoms with Crippen LogP contribution in [0.25, 0.3) is 0 Å². The first-order valence-electron chi connectivity index (χ1n) is 4.73. The molecule has 1 aromatic rings. The number of aryl methyl sites for hydroxylation is 2. The van der Waals surface area contributed by atoms with Crippen LogP contribution in [0.5, 0.6) is 0 Å². The molecule has 76 valence electrons. The van der Waals surface area contributed by atoms with E-state index in [4.69, 9.17) is 0 Å². The van der Waals surface area contributed by atoms with Gasteiger partial charge in [0.25, 0.3) is 0 Å². The van der Waals surface area contributed by atoms with Crippen LogP contribution < -0.4 is 0 Å². The monoisotopic (exact) mass is 186 g/mol. The maximum absolute atomic E-state index is 13.2. The van der Waals surface area contributed by atoms with Crippen LogP contribution >= 0.6 is 0 Å². The largest absolute Gasteiger partial charge is 0.269 e. The van der Waals surface area contributed by atoms with Gasteiger partial charge < -0.3 is 0 Å². The Labute approximate surface area is 79.8 Å². The van der Waals surface area contributed by atoms with Gasteiger partial charge in [-0.15, -0.1) is 0 Å². The summed E-state index contributed by atoms with van der Waals surface area (Å²) in [4.78, 5) is 0. The van der Waals surface area contributed by atoms with Gasteiger partial charge in [-0.05, 0) is 12.8 Å². The number of hydrogen-bond acceptors (Lipinski definition) is 1. The predicted molar refractivity (Wildman–Crippen MR) is 53.3 cm³/mol. The first kappa shape index (κ1) is 12.1. The van der Waals surface area contributed by atoms with E-state index in [1.807, 2.05) is 27.7 Å². The molecule has 0 radical (unpaired) electrons. The summed E-state index contributed by atoms with van der Waals surface area (Å²) in [6.07, 6.45) is 0. The molecule has 0 fully saturated rings. The van der Waals surface area contributed by atoms with E-state index in [9.17, 15) is 4.39 Å². The number of rotatable bonds is 1. The topological polar surface area (TPSA) is 17.8 Å². The molecule has 0 aliphatic heterocycles. The van der Waals surface area contributed by atoms with Crippen molar-refractivity contribution in [2.45, 2.75) is 40.5 Å². The van der Waals surface area contributed by atoms with Gasteiger partial charge in [0.1, 0.15) is 0 Å². The zero-order valence-electron chi connectivity index (χ0n) is 9.35. The second kappa shape index (κ2) is 5.00. The van der Waals surface area contributed by atoms with Crippen molar-refractivity contribution in [2.75, 3.05) is 0 Å². The molecule has 3 heteroatoms. The van der Waals surface area contributed by atoms with Crippen molar-refractivity contribution in [3.8, 4) is 0 Å². The van der Waals surface area contributed by atoms with Gasteiger partial charge in [-0.25, -0.2) is 4.39 Å². The minimum Gasteiger partial charge on any atom is -0.269 e. The summed E-state index contributed by atoms with van der Waals surface area (Å²) in [6, 6.07) is 0. The number of hydrogen-bond donors (Lipinski definition) is 0. The van der Waals surface area contributed by atoms with Crippen LogP contribution in [0.15, 0.2) is 0 Å². The van der Waals surface area contributed by atoms with Crippen molar-refractivity contribution in [3.05, 3.63) is 17.2 Å². The fourth-order valence-electron chi connectivity index (χ4n) is 1.28. The van der Waals surface area contributed by atoms with Crippen LogP contribution in [0.3, 0.4) is 0 Å². The number of halogens is 1. The van der Waals surface area contributed by atoms with Gasteiger partial charge >= 0.3 is 0 Å². The Hall–Kier alpha value is -0.860. The molecule has 0 bridgehead atoms. The number of nitrogens with zero attached hydrogens (tertiary/aromatic N) is 2. The zero-order valence-corrected chi connectivity index (χ0v) is 9.35. The third-order valence-corrected chi connectivity index (χ3v) is 1.74. The van der Waals surface area contributed by atoms with Crippen molar-refractivity contribution in [1.82, 2.24) is 9.78 Å². The van der Waals surface area contributed by atoms with Crippen molar-refractivity contribution < 1.29 is 4.39 Å². The first-order chi connectivity index (χ1) is 6.04. The van der Waals surface area contributed by atoms with Gasteiger partial charge in [0, 0.05) is 7.05 Å². The summed E-state index contributed by atoms with van der Waals surface area (Å²) in [6.45, 7) is 9.60. The fraction of sp³-hybridized carbons (Fsp3) is 0.700. The van der Waals surface area contributed by atoms with Crippen molar-refractivity contribution >= 4 is 0 Å². The Morgan fingerprint density at radius 3 is 1.92 bits per heavy atom. The van der Waals surface area contributed by atoms with Gasteiger partial charge in [0.05, 0.1) is 11.4 Å². The van der Waals surface area contributed by atoms with E-state index in [1.54, 1.807) is 18.7 Å². The van der Waals surface area contributed by atoms with E-state index in [-0.39, 0.29) is 11.7 Å². The lowest BCUT2D eigenvalue weighted by molar-refractivity contribution is 0.573. The molecule has 0 spiro atoms. The molecule has 0 aliphatic carbocycles. The van der Waals surface area contributed by atoms with Gasteiger partial charge in [0.2, 0.25) is 0 Å². The van der Waals surface area contributed by atoms with E-state index in [1.165, 1.54) is 0 Å². The van der Waals surface area contributed by atoms with Crippen LogP contribution in [0, 0.1) is 12.7 Å². The Kier molecular flexibility index (Phi) is 4.67. The van der Waals surface area contributed by atoms with E-state index < -0.39 is 0 Å². The molecule has 0 unspecified atom stereocenters.